The molecule has 0 radical (unpaired) electrons. The van der Waals surface area contributed by atoms with Gasteiger partial charge in [0.2, 0.25) is 0 Å². The molecule has 2 aliphatic rings. The summed E-state index contributed by atoms with van der Waals surface area (Å²) in [7, 11) is 0. The number of carbonyl (C=O) groups excluding carboxylic acids is 1. The fraction of sp³-hybridized carbons (Fsp3) is 0.611. The maximum absolute atomic E-state index is 12.1. The minimum Gasteiger partial charge on any atom is -0.462 e. The average molecular weight is 313 g/mol. The highest BCUT2D eigenvalue weighted by Gasteiger charge is 2.36. The Kier molecular flexibility index (Phi) is 5.11. The molecule has 1 aliphatic carbocycles. The first-order chi connectivity index (χ1) is 10.9. The van der Waals surface area contributed by atoms with Crippen LogP contribution >= 0.6 is 0 Å². The summed E-state index contributed by atoms with van der Waals surface area (Å²) in [4.78, 5) is 14.4. The van der Waals surface area contributed by atoms with E-state index in [1.807, 2.05) is 6.07 Å². The third kappa shape index (κ3) is 3.56. The molecule has 5 nitrogen and oxygen atoms in total. The van der Waals surface area contributed by atoms with Crippen molar-refractivity contribution in [2.24, 2.45) is 5.41 Å². The molecule has 0 N–H and O–H groups in total. The molecule has 1 saturated heterocycles. The van der Waals surface area contributed by atoms with Gasteiger partial charge in [-0.2, -0.15) is 10.5 Å². The van der Waals surface area contributed by atoms with Gasteiger partial charge in [0, 0.05) is 18.8 Å². The van der Waals surface area contributed by atoms with Gasteiger partial charge in [0.25, 0.3) is 0 Å². The first kappa shape index (κ1) is 17.1. The van der Waals surface area contributed by atoms with Gasteiger partial charge in [-0.1, -0.05) is 13.8 Å². The quantitative estimate of drug-likeness (QED) is 0.454. The normalized spacial score (nSPS) is 22.4. The number of likely N-dealkylation sites (tertiary alicyclic amines) is 1. The highest BCUT2D eigenvalue weighted by atomic mass is 16.5. The van der Waals surface area contributed by atoms with Crippen LogP contribution in [-0.2, 0) is 9.53 Å². The molecular weight excluding hydrogens is 290 g/mol. The standard InChI is InChI=1S/C18H23N3O2/c1-4-23-17(22)15(12-20)13-9-18(2,3)10-16(14(13)11-19)21-7-5-6-8-21/h4-10H2,1-3H3/b15-13-. The summed E-state index contributed by atoms with van der Waals surface area (Å²) in [5.41, 5.74) is 1.91. The van der Waals surface area contributed by atoms with Crippen LogP contribution in [-0.4, -0.2) is 30.6 Å². The molecule has 0 amide bonds. The van der Waals surface area contributed by atoms with Crippen LogP contribution in [0.4, 0.5) is 0 Å². The number of hydrogen-bond donors (Lipinski definition) is 0. The zero-order chi connectivity index (χ0) is 17.0. The molecular formula is C18H23N3O2. The molecule has 0 spiro atoms. The lowest BCUT2D eigenvalue weighted by molar-refractivity contribution is -0.138. The van der Waals surface area contributed by atoms with E-state index in [0.29, 0.717) is 17.6 Å². The second-order valence-electron chi connectivity index (χ2n) is 6.83. The van der Waals surface area contributed by atoms with E-state index in [2.05, 4.69) is 24.8 Å². The highest BCUT2D eigenvalue weighted by Crippen LogP contribution is 2.44. The van der Waals surface area contributed by atoms with E-state index in [9.17, 15) is 15.3 Å². The van der Waals surface area contributed by atoms with E-state index in [-0.39, 0.29) is 17.6 Å². The van der Waals surface area contributed by atoms with Gasteiger partial charge in [0.15, 0.2) is 0 Å². The fourth-order valence-electron chi connectivity index (χ4n) is 3.39. The van der Waals surface area contributed by atoms with Crippen LogP contribution < -0.4 is 0 Å². The van der Waals surface area contributed by atoms with Crippen molar-refractivity contribution < 1.29 is 9.53 Å². The third-order valence-corrected chi connectivity index (χ3v) is 4.38. The molecule has 23 heavy (non-hydrogen) atoms. The second-order valence-corrected chi connectivity index (χ2v) is 6.83. The average Bonchev–Trinajstić information content (AvgIpc) is 3.01. The van der Waals surface area contributed by atoms with E-state index in [1.54, 1.807) is 6.92 Å². The summed E-state index contributed by atoms with van der Waals surface area (Å²) in [6.45, 7) is 8.01. The number of rotatable bonds is 3. The van der Waals surface area contributed by atoms with E-state index in [4.69, 9.17) is 4.74 Å². The summed E-state index contributed by atoms with van der Waals surface area (Å²) in [5.74, 6) is -0.628. The Morgan fingerprint density at radius 2 is 1.91 bits per heavy atom. The Hall–Kier alpha value is -2.27. The number of carbonyl (C=O) groups is 1. The minimum atomic E-state index is -0.628. The zero-order valence-electron chi connectivity index (χ0n) is 14.1. The molecule has 1 heterocycles. The number of esters is 1. The van der Waals surface area contributed by atoms with Crippen LogP contribution in [0.25, 0.3) is 0 Å². The number of nitrogens with zero attached hydrogens (tertiary/aromatic N) is 3. The van der Waals surface area contributed by atoms with Gasteiger partial charge in [-0.05, 0) is 43.6 Å². The van der Waals surface area contributed by atoms with Crippen molar-refractivity contribution >= 4 is 5.97 Å². The fourth-order valence-corrected chi connectivity index (χ4v) is 3.39. The van der Waals surface area contributed by atoms with E-state index < -0.39 is 5.97 Å². The number of ether oxygens (including phenoxy) is 1. The minimum absolute atomic E-state index is 0.0205. The van der Waals surface area contributed by atoms with Crippen LogP contribution in [0.2, 0.25) is 0 Å². The first-order valence-corrected chi connectivity index (χ1v) is 8.12. The second kappa shape index (κ2) is 6.87. The van der Waals surface area contributed by atoms with Crippen LogP contribution in [0, 0.1) is 28.1 Å². The number of allylic oxidation sites excluding steroid dienone is 3. The summed E-state index contributed by atoms with van der Waals surface area (Å²) in [6, 6.07) is 4.22. The monoisotopic (exact) mass is 313 g/mol. The molecule has 0 atom stereocenters. The Morgan fingerprint density at radius 1 is 1.26 bits per heavy atom. The predicted molar refractivity (Wildman–Crippen MR) is 85.7 cm³/mol. The smallest absolute Gasteiger partial charge is 0.349 e. The Morgan fingerprint density at radius 3 is 2.43 bits per heavy atom. The number of hydrogen-bond acceptors (Lipinski definition) is 5. The highest BCUT2D eigenvalue weighted by molar-refractivity contribution is 5.95. The molecule has 1 aliphatic heterocycles. The van der Waals surface area contributed by atoms with Crippen LogP contribution in [0.15, 0.2) is 22.4 Å². The Balaban J connectivity index is 2.59. The van der Waals surface area contributed by atoms with E-state index >= 15 is 0 Å². The van der Waals surface area contributed by atoms with Crippen molar-refractivity contribution in [1.29, 1.82) is 10.5 Å². The van der Waals surface area contributed by atoms with Gasteiger partial charge in [0.1, 0.15) is 17.7 Å². The van der Waals surface area contributed by atoms with Crippen LogP contribution in [0.3, 0.4) is 0 Å². The van der Waals surface area contributed by atoms with E-state index in [1.165, 1.54) is 0 Å². The maximum Gasteiger partial charge on any atom is 0.349 e. The molecule has 0 aromatic heterocycles. The summed E-state index contributed by atoms with van der Waals surface area (Å²) >= 11 is 0. The topological polar surface area (TPSA) is 77.1 Å². The van der Waals surface area contributed by atoms with Gasteiger partial charge in [-0.3, -0.25) is 0 Å². The Labute approximate surface area is 137 Å². The molecule has 0 bridgehead atoms. The zero-order valence-corrected chi connectivity index (χ0v) is 14.1. The van der Waals surface area contributed by atoms with Crippen molar-refractivity contribution in [1.82, 2.24) is 4.90 Å². The van der Waals surface area contributed by atoms with Gasteiger partial charge < -0.3 is 9.64 Å². The largest absolute Gasteiger partial charge is 0.462 e. The summed E-state index contributed by atoms with van der Waals surface area (Å²) < 4.78 is 5.00. The van der Waals surface area contributed by atoms with E-state index in [0.717, 1.165) is 38.0 Å². The maximum atomic E-state index is 12.1. The molecule has 122 valence electrons. The number of nitriles is 2. The van der Waals surface area contributed by atoms with Gasteiger partial charge in [0.05, 0.1) is 12.2 Å². The molecule has 5 heteroatoms. The molecule has 0 saturated carbocycles. The van der Waals surface area contributed by atoms with Crippen molar-refractivity contribution in [3.05, 3.63) is 22.4 Å². The SMILES string of the molecule is CCOC(=O)/C(C#N)=C1/CC(C)(C)CC(N2CCCC2)=C1C#N. The molecule has 2 rings (SSSR count). The molecule has 0 aromatic carbocycles. The molecule has 0 aromatic rings. The van der Waals surface area contributed by atoms with Crippen molar-refractivity contribution in [3.63, 3.8) is 0 Å². The van der Waals surface area contributed by atoms with Crippen LogP contribution in [0.1, 0.15) is 46.5 Å². The van der Waals surface area contributed by atoms with Crippen molar-refractivity contribution in [2.45, 2.75) is 46.5 Å². The summed E-state index contributed by atoms with van der Waals surface area (Å²) in [5, 5.41) is 19.1. The van der Waals surface area contributed by atoms with Gasteiger partial charge in [-0.25, -0.2) is 4.79 Å². The van der Waals surface area contributed by atoms with Gasteiger partial charge >= 0.3 is 5.97 Å². The third-order valence-electron chi connectivity index (χ3n) is 4.38. The first-order valence-electron chi connectivity index (χ1n) is 8.12. The van der Waals surface area contributed by atoms with Crippen molar-refractivity contribution in [2.75, 3.05) is 19.7 Å². The molecule has 0 unspecified atom stereocenters. The predicted octanol–water partition coefficient (Wildman–Crippen LogP) is 3.06. The lowest BCUT2D eigenvalue weighted by Crippen LogP contribution is -2.30. The van der Waals surface area contributed by atoms with Crippen molar-refractivity contribution in [3.8, 4) is 12.1 Å². The van der Waals surface area contributed by atoms with Gasteiger partial charge in [-0.15, -0.1) is 0 Å². The van der Waals surface area contributed by atoms with Crippen LogP contribution in [0.5, 0.6) is 0 Å². The lowest BCUT2D eigenvalue weighted by Gasteiger charge is -2.37. The summed E-state index contributed by atoms with van der Waals surface area (Å²) in [6.07, 6.45) is 3.56. The lowest BCUT2D eigenvalue weighted by atomic mass is 9.72. The molecule has 1 fully saturated rings. The Bertz CT molecular complexity index is 638.